The lowest BCUT2D eigenvalue weighted by Gasteiger charge is -2.04. The van der Waals surface area contributed by atoms with Crippen molar-refractivity contribution < 1.29 is 4.79 Å². The third-order valence-electron chi connectivity index (χ3n) is 3.27. The van der Waals surface area contributed by atoms with Gasteiger partial charge in [0.25, 0.3) is 5.91 Å². The fourth-order valence-corrected chi connectivity index (χ4v) is 2.09. The first kappa shape index (κ1) is 16.4. The van der Waals surface area contributed by atoms with Gasteiger partial charge < -0.3 is 5.32 Å². The van der Waals surface area contributed by atoms with E-state index < -0.39 is 0 Å². The van der Waals surface area contributed by atoms with Gasteiger partial charge in [0.15, 0.2) is 0 Å². The Labute approximate surface area is 122 Å². The van der Waals surface area contributed by atoms with Gasteiger partial charge in [0.2, 0.25) is 0 Å². The quantitative estimate of drug-likeness (QED) is 0.487. The van der Waals surface area contributed by atoms with Gasteiger partial charge in [-0.2, -0.15) is 0 Å². The van der Waals surface area contributed by atoms with Crippen molar-refractivity contribution in [1.29, 1.82) is 0 Å². The minimum Gasteiger partial charge on any atom is -0.351 e. The highest BCUT2D eigenvalue weighted by Crippen LogP contribution is 2.08. The van der Waals surface area contributed by atoms with E-state index in [1.807, 2.05) is 18.2 Å². The molecule has 1 amide bonds. The van der Waals surface area contributed by atoms with E-state index in [-0.39, 0.29) is 5.91 Å². The molecule has 3 heteroatoms. The van der Waals surface area contributed by atoms with Gasteiger partial charge in [0.1, 0.15) is 5.69 Å². The molecule has 1 heterocycles. The standard InChI is InChI=1S/C17H26N2O/c1-2-3-4-5-6-7-8-9-11-15-19-17(20)16-13-10-12-14-18-16/h2,10,12-14H,1,3-9,11,15H2,(H,19,20). The Kier molecular flexibility index (Phi) is 9.20. The molecule has 0 unspecified atom stereocenters. The van der Waals surface area contributed by atoms with E-state index in [9.17, 15) is 4.79 Å². The number of unbranched alkanes of at least 4 members (excludes halogenated alkanes) is 7. The molecule has 0 saturated carbocycles. The van der Waals surface area contributed by atoms with Crippen molar-refractivity contribution in [3.8, 4) is 0 Å². The molecule has 0 fully saturated rings. The van der Waals surface area contributed by atoms with Crippen LogP contribution in [0, 0.1) is 0 Å². The van der Waals surface area contributed by atoms with Crippen molar-refractivity contribution in [2.75, 3.05) is 6.54 Å². The van der Waals surface area contributed by atoms with Crippen LogP contribution in [-0.4, -0.2) is 17.4 Å². The number of pyridine rings is 1. The van der Waals surface area contributed by atoms with Gasteiger partial charge in [-0.1, -0.05) is 44.2 Å². The van der Waals surface area contributed by atoms with Crippen molar-refractivity contribution >= 4 is 5.91 Å². The van der Waals surface area contributed by atoms with Gasteiger partial charge in [0, 0.05) is 12.7 Å². The summed E-state index contributed by atoms with van der Waals surface area (Å²) in [5.41, 5.74) is 0.495. The van der Waals surface area contributed by atoms with E-state index in [0.29, 0.717) is 5.69 Å². The predicted octanol–water partition coefficient (Wildman–Crippen LogP) is 4.12. The largest absolute Gasteiger partial charge is 0.351 e. The molecule has 1 N–H and O–H groups in total. The molecule has 0 aromatic carbocycles. The van der Waals surface area contributed by atoms with E-state index in [1.165, 1.54) is 38.5 Å². The number of hydrogen-bond acceptors (Lipinski definition) is 2. The number of rotatable bonds is 11. The maximum absolute atomic E-state index is 11.7. The van der Waals surface area contributed by atoms with Gasteiger partial charge in [0.05, 0.1) is 0 Å². The lowest BCUT2D eigenvalue weighted by atomic mass is 10.1. The smallest absolute Gasteiger partial charge is 0.269 e. The van der Waals surface area contributed by atoms with Gasteiger partial charge in [-0.3, -0.25) is 9.78 Å². The summed E-state index contributed by atoms with van der Waals surface area (Å²) in [6.07, 6.45) is 13.4. The topological polar surface area (TPSA) is 42.0 Å². The van der Waals surface area contributed by atoms with E-state index in [2.05, 4.69) is 16.9 Å². The molecule has 1 rings (SSSR count). The van der Waals surface area contributed by atoms with Gasteiger partial charge in [-0.15, -0.1) is 6.58 Å². The van der Waals surface area contributed by atoms with Crippen molar-refractivity contribution in [1.82, 2.24) is 10.3 Å². The maximum Gasteiger partial charge on any atom is 0.269 e. The summed E-state index contributed by atoms with van der Waals surface area (Å²) in [5.74, 6) is -0.0741. The highest BCUT2D eigenvalue weighted by atomic mass is 16.1. The lowest BCUT2D eigenvalue weighted by Crippen LogP contribution is -2.25. The maximum atomic E-state index is 11.7. The van der Waals surface area contributed by atoms with Crippen LogP contribution in [0.1, 0.15) is 61.9 Å². The zero-order valence-electron chi connectivity index (χ0n) is 12.3. The van der Waals surface area contributed by atoms with Crippen molar-refractivity contribution in [2.45, 2.75) is 51.4 Å². The zero-order valence-corrected chi connectivity index (χ0v) is 12.3. The van der Waals surface area contributed by atoms with Crippen molar-refractivity contribution in [2.24, 2.45) is 0 Å². The first-order valence-electron chi connectivity index (χ1n) is 7.64. The molecule has 0 bridgehead atoms. The fourth-order valence-electron chi connectivity index (χ4n) is 2.09. The Morgan fingerprint density at radius 3 is 2.45 bits per heavy atom. The molecule has 0 spiro atoms. The van der Waals surface area contributed by atoms with Crippen LogP contribution < -0.4 is 5.32 Å². The number of nitrogens with one attached hydrogen (secondary N) is 1. The first-order chi connectivity index (χ1) is 9.84. The lowest BCUT2D eigenvalue weighted by molar-refractivity contribution is 0.0948. The predicted molar refractivity (Wildman–Crippen MR) is 83.7 cm³/mol. The van der Waals surface area contributed by atoms with E-state index >= 15 is 0 Å². The van der Waals surface area contributed by atoms with Crippen LogP contribution in [0.25, 0.3) is 0 Å². The van der Waals surface area contributed by atoms with E-state index in [4.69, 9.17) is 0 Å². The second-order valence-corrected chi connectivity index (χ2v) is 5.02. The van der Waals surface area contributed by atoms with Crippen LogP contribution in [0.5, 0.6) is 0 Å². The molecule has 110 valence electrons. The van der Waals surface area contributed by atoms with Crippen LogP contribution >= 0.6 is 0 Å². The third kappa shape index (κ3) is 7.72. The van der Waals surface area contributed by atoms with Crippen LogP contribution in [0.2, 0.25) is 0 Å². The Balaban J connectivity index is 1.92. The molecule has 0 atom stereocenters. The Bertz CT molecular complexity index is 376. The van der Waals surface area contributed by atoms with Crippen molar-refractivity contribution in [3.63, 3.8) is 0 Å². The van der Waals surface area contributed by atoms with Gasteiger partial charge in [-0.05, 0) is 31.4 Å². The summed E-state index contributed by atoms with van der Waals surface area (Å²) in [6.45, 7) is 4.47. The highest BCUT2D eigenvalue weighted by molar-refractivity contribution is 5.92. The average Bonchev–Trinajstić information content (AvgIpc) is 2.50. The number of amides is 1. The van der Waals surface area contributed by atoms with Crippen LogP contribution in [0.3, 0.4) is 0 Å². The summed E-state index contributed by atoms with van der Waals surface area (Å²) in [6, 6.07) is 5.37. The monoisotopic (exact) mass is 274 g/mol. The second kappa shape index (κ2) is 11.2. The van der Waals surface area contributed by atoms with E-state index in [0.717, 1.165) is 19.4 Å². The number of hydrogen-bond donors (Lipinski definition) is 1. The van der Waals surface area contributed by atoms with Crippen LogP contribution in [0.15, 0.2) is 37.1 Å². The summed E-state index contributed by atoms with van der Waals surface area (Å²) < 4.78 is 0. The molecule has 0 radical (unpaired) electrons. The minimum atomic E-state index is -0.0741. The van der Waals surface area contributed by atoms with Gasteiger partial charge in [-0.25, -0.2) is 0 Å². The molecule has 0 aliphatic rings. The highest BCUT2D eigenvalue weighted by Gasteiger charge is 2.04. The number of allylic oxidation sites excluding steroid dienone is 1. The molecule has 3 nitrogen and oxygen atoms in total. The van der Waals surface area contributed by atoms with E-state index in [1.54, 1.807) is 12.3 Å². The Morgan fingerprint density at radius 2 is 1.80 bits per heavy atom. The molecule has 1 aromatic rings. The number of nitrogens with zero attached hydrogens (tertiary/aromatic N) is 1. The molecular weight excluding hydrogens is 248 g/mol. The summed E-state index contributed by atoms with van der Waals surface area (Å²) >= 11 is 0. The molecule has 0 aliphatic heterocycles. The average molecular weight is 274 g/mol. The molecule has 0 saturated heterocycles. The second-order valence-electron chi connectivity index (χ2n) is 5.02. The molecule has 0 aliphatic carbocycles. The van der Waals surface area contributed by atoms with Crippen LogP contribution in [-0.2, 0) is 0 Å². The Hall–Kier alpha value is -1.64. The minimum absolute atomic E-state index is 0.0741. The first-order valence-corrected chi connectivity index (χ1v) is 7.64. The Morgan fingerprint density at radius 1 is 1.10 bits per heavy atom. The SMILES string of the molecule is C=CCCCCCCCCCNC(=O)c1ccccn1. The molecule has 1 aromatic heterocycles. The van der Waals surface area contributed by atoms with Crippen molar-refractivity contribution in [3.05, 3.63) is 42.7 Å². The zero-order chi connectivity index (χ0) is 14.5. The summed E-state index contributed by atoms with van der Waals surface area (Å²) in [5, 5.41) is 2.91. The number of carbonyl (C=O) groups excluding carboxylic acids is 1. The van der Waals surface area contributed by atoms with Crippen LogP contribution in [0.4, 0.5) is 0 Å². The summed E-state index contributed by atoms with van der Waals surface area (Å²) in [7, 11) is 0. The normalized spacial score (nSPS) is 10.2. The number of aromatic nitrogens is 1. The number of carbonyl (C=O) groups is 1. The third-order valence-corrected chi connectivity index (χ3v) is 3.27. The van der Waals surface area contributed by atoms with Gasteiger partial charge >= 0.3 is 0 Å². The molecule has 20 heavy (non-hydrogen) atoms. The fraction of sp³-hybridized carbons (Fsp3) is 0.529. The summed E-state index contributed by atoms with van der Waals surface area (Å²) in [4.78, 5) is 15.7. The molecular formula is C17H26N2O.